The predicted octanol–water partition coefficient (Wildman–Crippen LogP) is 3.68. The maximum atomic E-state index is 12.6. The van der Waals surface area contributed by atoms with Crippen LogP contribution in [0, 0.1) is 0 Å². The summed E-state index contributed by atoms with van der Waals surface area (Å²) in [5.74, 6) is 0.624. The first kappa shape index (κ1) is 19.3. The smallest absolute Gasteiger partial charge is 0.292 e. The van der Waals surface area contributed by atoms with Gasteiger partial charge in [-0.3, -0.25) is 9.69 Å². The Kier molecular flexibility index (Phi) is 5.51. The molecule has 3 heterocycles. The van der Waals surface area contributed by atoms with E-state index in [0.717, 1.165) is 38.2 Å². The van der Waals surface area contributed by atoms with Crippen LogP contribution in [0.4, 0.5) is 0 Å². The lowest BCUT2D eigenvalue weighted by atomic mass is 9.93. The molecule has 0 spiro atoms. The van der Waals surface area contributed by atoms with Crippen molar-refractivity contribution in [2.45, 2.75) is 25.3 Å². The van der Waals surface area contributed by atoms with E-state index in [0.29, 0.717) is 38.0 Å². The van der Waals surface area contributed by atoms with Gasteiger partial charge >= 0.3 is 0 Å². The number of morpholine rings is 1. The second-order valence-corrected chi connectivity index (χ2v) is 8.21. The summed E-state index contributed by atoms with van der Waals surface area (Å²) in [7, 11) is 0. The van der Waals surface area contributed by atoms with E-state index in [-0.39, 0.29) is 5.91 Å². The number of ether oxygens (including phenoxy) is 1. The number of aromatic nitrogens is 1. The zero-order chi connectivity index (χ0) is 20.3. The molecule has 0 radical (unpaired) electrons. The van der Waals surface area contributed by atoms with Crippen molar-refractivity contribution in [1.82, 2.24) is 15.0 Å². The molecule has 2 aromatic carbocycles. The van der Waals surface area contributed by atoms with Gasteiger partial charge in [-0.1, -0.05) is 47.6 Å². The molecule has 0 atom stereocenters. The molecule has 6 heteroatoms. The Bertz CT molecular complexity index is 1010. The molecule has 1 amide bonds. The average molecular weight is 405 g/mol. The fourth-order valence-corrected chi connectivity index (χ4v) is 4.56. The van der Waals surface area contributed by atoms with Crippen LogP contribution in [0.2, 0.25) is 0 Å². The van der Waals surface area contributed by atoms with Gasteiger partial charge in [0.15, 0.2) is 0 Å². The fourth-order valence-electron chi connectivity index (χ4n) is 4.56. The van der Waals surface area contributed by atoms with Gasteiger partial charge in [0, 0.05) is 31.6 Å². The first-order valence-corrected chi connectivity index (χ1v) is 10.8. The van der Waals surface area contributed by atoms with Gasteiger partial charge in [-0.2, -0.15) is 0 Å². The SMILES string of the molecule is O=C(c1cc(C2CCN(Cc3cccc4ccccc34)CC2)no1)N1CCOCC1. The van der Waals surface area contributed by atoms with Crippen molar-refractivity contribution in [3.63, 3.8) is 0 Å². The van der Waals surface area contributed by atoms with Crippen LogP contribution < -0.4 is 0 Å². The van der Waals surface area contributed by atoms with Crippen molar-refractivity contribution in [1.29, 1.82) is 0 Å². The minimum Gasteiger partial charge on any atom is -0.378 e. The van der Waals surface area contributed by atoms with E-state index in [1.807, 2.05) is 6.07 Å². The summed E-state index contributed by atoms with van der Waals surface area (Å²) in [6.07, 6.45) is 2.06. The third kappa shape index (κ3) is 3.98. The molecule has 30 heavy (non-hydrogen) atoms. The van der Waals surface area contributed by atoms with E-state index in [1.165, 1.54) is 16.3 Å². The monoisotopic (exact) mass is 405 g/mol. The lowest BCUT2D eigenvalue weighted by molar-refractivity contribution is 0.0277. The Morgan fingerprint density at radius 3 is 2.60 bits per heavy atom. The van der Waals surface area contributed by atoms with Gasteiger partial charge in [0.25, 0.3) is 5.91 Å². The molecule has 2 saturated heterocycles. The van der Waals surface area contributed by atoms with Gasteiger partial charge in [0.2, 0.25) is 5.76 Å². The Hall–Kier alpha value is -2.70. The van der Waals surface area contributed by atoms with Gasteiger partial charge in [-0.15, -0.1) is 0 Å². The lowest BCUT2D eigenvalue weighted by Crippen LogP contribution is -2.40. The number of hydrogen-bond acceptors (Lipinski definition) is 5. The van der Waals surface area contributed by atoms with Crippen molar-refractivity contribution in [2.75, 3.05) is 39.4 Å². The number of piperidine rings is 1. The van der Waals surface area contributed by atoms with Crippen LogP contribution in [0.1, 0.15) is 40.6 Å². The van der Waals surface area contributed by atoms with Crippen molar-refractivity contribution in [3.05, 3.63) is 65.5 Å². The summed E-state index contributed by atoms with van der Waals surface area (Å²) < 4.78 is 10.7. The number of fused-ring (bicyclic) bond motifs is 1. The lowest BCUT2D eigenvalue weighted by Gasteiger charge is -2.31. The van der Waals surface area contributed by atoms with Crippen LogP contribution >= 0.6 is 0 Å². The van der Waals surface area contributed by atoms with E-state index in [2.05, 4.69) is 52.5 Å². The molecule has 6 nitrogen and oxygen atoms in total. The fraction of sp³-hybridized carbons (Fsp3) is 0.417. The molecule has 2 aliphatic heterocycles. The summed E-state index contributed by atoms with van der Waals surface area (Å²) in [5.41, 5.74) is 2.29. The molecule has 0 unspecified atom stereocenters. The first-order valence-electron chi connectivity index (χ1n) is 10.8. The molecule has 2 aliphatic rings. The molecule has 0 saturated carbocycles. The summed E-state index contributed by atoms with van der Waals surface area (Å²) in [6, 6.07) is 17.0. The number of nitrogens with zero attached hydrogens (tertiary/aromatic N) is 3. The molecule has 156 valence electrons. The average Bonchev–Trinajstić information content (AvgIpc) is 3.30. The van der Waals surface area contributed by atoms with Crippen LogP contribution in [0.25, 0.3) is 10.8 Å². The topological polar surface area (TPSA) is 58.8 Å². The number of carbonyl (C=O) groups excluding carboxylic acids is 1. The maximum absolute atomic E-state index is 12.6. The van der Waals surface area contributed by atoms with Crippen LogP contribution in [-0.2, 0) is 11.3 Å². The highest BCUT2D eigenvalue weighted by molar-refractivity contribution is 5.91. The molecule has 2 fully saturated rings. The van der Waals surface area contributed by atoms with Crippen molar-refractivity contribution in [2.24, 2.45) is 0 Å². The summed E-state index contributed by atoms with van der Waals surface area (Å²) in [5, 5.41) is 6.87. The summed E-state index contributed by atoms with van der Waals surface area (Å²) in [4.78, 5) is 16.9. The van der Waals surface area contributed by atoms with Gasteiger partial charge in [0.1, 0.15) is 0 Å². The van der Waals surface area contributed by atoms with Crippen LogP contribution in [0.15, 0.2) is 53.1 Å². The molecule has 3 aromatic rings. The Morgan fingerprint density at radius 1 is 1.00 bits per heavy atom. The normalized spacial score (nSPS) is 18.7. The summed E-state index contributed by atoms with van der Waals surface area (Å²) in [6.45, 7) is 5.40. The van der Waals surface area contributed by atoms with Crippen molar-refractivity contribution in [3.8, 4) is 0 Å². The summed E-state index contributed by atoms with van der Waals surface area (Å²) >= 11 is 0. The van der Waals surface area contributed by atoms with Gasteiger partial charge in [-0.25, -0.2) is 0 Å². The molecular weight excluding hydrogens is 378 g/mol. The van der Waals surface area contributed by atoms with E-state index in [1.54, 1.807) is 4.90 Å². The number of benzene rings is 2. The molecule has 0 aliphatic carbocycles. The molecule has 0 bridgehead atoms. The van der Waals surface area contributed by atoms with E-state index < -0.39 is 0 Å². The highest BCUT2D eigenvalue weighted by Crippen LogP contribution is 2.29. The third-order valence-electron chi connectivity index (χ3n) is 6.32. The molecular formula is C24H27N3O3. The number of amides is 1. The maximum Gasteiger partial charge on any atom is 0.292 e. The third-order valence-corrected chi connectivity index (χ3v) is 6.32. The van der Waals surface area contributed by atoms with E-state index in [4.69, 9.17) is 9.26 Å². The largest absolute Gasteiger partial charge is 0.378 e. The van der Waals surface area contributed by atoms with Gasteiger partial charge in [0.05, 0.1) is 18.9 Å². The highest BCUT2D eigenvalue weighted by Gasteiger charge is 2.27. The van der Waals surface area contributed by atoms with E-state index in [9.17, 15) is 4.79 Å². The number of rotatable bonds is 4. The first-order chi connectivity index (χ1) is 14.8. The van der Waals surface area contributed by atoms with Crippen molar-refractivity contribution >= 4 is 16.7 Å². The minimum atomic E-state index is -0.0783. The van der Waals surface area contributed by atoms with Gasteiger partial charge in [-0.05, 0) is 42.3 Å². The van der Waals surface area contributed by atoms with Crippen LogP contribution in [0.5, 0.6) is 0 Å². The Labute approximate surface area is 176 Å². The van der Waals surface area contributed by atoms with Gasteiger partial charge < -0.3 is 14.2 Å². The standard InChI is InChI=1S/C24H27N3O3/c28-24(27-12-14-29-15-13-27)23-16-22(25-30-23)19-8-10-26(11-9-19)17-20-6-3-5-18-4-1-2-7-21(18)20/h1-7,16,19H,8-15,17H2. The Balaban J connectivity index is 1.20. The molecule has 5 rings (SSSR count). The highest BCUT2D eigenvalue weighted by atomic mass is 16.5. The van der Waals surface area contributed by atoms with Crippen LogP contribution in [-0.4, -0.2) is 60.3 Å². The molecule has 0 N–H and O–H groups in total. The second kappa shape index (κ2) is 8.58. The van der Waals surface area contributed by atoms with Crippen molar-refractivity contribution < 1.29 is 14.1 Å². The zero-order valence-corrected chi connectivity index (χ0v) is 17.1. The number of carbonyl (C=O) groups is 1. The van der Waals surface area contributed by atoms with E-state index >= 15 is 0 Å². The van der Waals surface area contributed by atoms with Crippen LogP contribution in [0.3, 0.4) is 0 Å². The molecule has 1 aromatic heterocycles. The Morgan fingerprint density at radius 2 is 1.77 bits per heavy atom. The zero-order valence-electron chi connectivity index (χ0n) is 17.1. The predicted molar refractivity (Wildman–Crippen MR) is 114 cm³/mol. The quantitative estimate of drug-likeness (QED) is 0.663. The second-order valence-electron chi connectivity index (χ2n) is 8.21. The number of likely N-dealkylation sites (tertiary alicyclic amines) is 1. The minimum absolute atomic E-state index is 0.0783. The number of hydrogen-bond donors (Lipinski definition) is 0.